The Morgan fingerprint density at radius 2 is 2.11 bits per heavy atom. The summed E-state index contributed by atoms with van der Waals surface area (Å²) in [5.41, 5.74) is 1.13. The third-order valence-electron chi connectivity index (χ3n) is 3.60. The van der Waals surface area contributed by atoms with Crippen molar-refractivity contribution in [1.29, 1.82) is 0 Å². The molecule has 18 heavy (non-hydrogen) atoms. The Balaban J connectivity index is 1.99. The van der Waals surface area contributed by atoms with Crippen molar-refractivity contribution in [2.24, 2.45) is 5.92 Å². The topological polar surface area (TPSA) is 32.7 Å². The minimum atomic E-state index is 0.314. The van der Waals surface area contributed by atoms with Crippen LogP contribution in [0.4, 0.5) is 0 Å². The van der Waals surface area contributed by atoms with Crippen LogP contribution >= 0.6 is 11.6 Å². The minimum Gasteiger partial charge on any atom is -0.496 e. The second kappa shape index (κ2) is 6.41. The van der Waals surface area contributed by atoms with E-state index in [9.17, 15) is 0 Å². The third kappa shape index (κ3) is 3.37. The van der Waals surface area contributed by atoms with Gasteiger partial charge in [-0.1, -0.05) is 11.6 Å². The second-order valence-electron chi connectivity index (χ2n) is 4.86. The first kappa shape index (κ1) is 13.7. The summed E-state index contributed by atoms with van der Waals surface area (Å²) in [5, 5.41) is 9.88. The fourth-order valence-corrected chi connectivity index (χ4v) is 2.63. The standard InChI is InChI=1S/C14H20ClNO2/c1-18-14-3-2-13(15)8-12(14)9-16-6-4-11(10-17)5-7-16/h2-3,8,11,17H,4-7,9-10H2,1H3. The first-order valence-corrected chi connectivity index (χ1v) is 6.76. The highest BCUT2D eigenvalue weighted by Gasteiger charge is 2.19. The molecule has 4 heteroatoms. The Labute approximate surface area is 113 Å². The molecule has 1 saturated heterocycles. The number of benzene rings is 1. The molecule has 0 unspecified atom stereocenters. The van der Waals surface area contributed by atoms with E-state index < -0.39 is 0 Å². The summed E-state index contributed by atoms with van der Waals surface area (Å²) in [7, 11) is 1.69. The largest absolute Gasteiger partial charge is 0.496 e. The highest BCUT2D eigenvalue weighted by atomic mass is 35.5. The summed E-state index contributed by atoms with van der Waals surface area (Å²) < 4.78 is 5.36. The van der Waals surface area contributed by atoms with Gasteiger partial charge >= 0.3 is 0 Å². The number of halogens is 1. The van der Waals surface area contributed by atoms with E-state index in [0.717, 1.165) is 48.8 Å². The highest BCUT2D eigenvalue weighted by Crippen LogP contribution is 2.26. The minimum absolute atomic E-state index is 0.314. The maximum atomic E-state index is 9.13. The van der Waals surface area contributed by atoms with Gasteiger partial charge in [0.05, 0.1) is 7.11 Å². The Kier molecular flexibility index (Phi) is 4.87. The van der Waals surface area contributed by atoms with E-state index in [2.05, 4.69) is 4.90 Å². The molecule has 0 spiro atoms. The summed E-state index contributed by atoms with van der Waals surface area (Å²) >= 11 is 6.03. The van der Waals surface area contributed by atoms with Crippen LogP contribution in [0, 0.1) is 5.92 Å². The highest BCUT2D eigenvalue weighted by molar-refractivity contribution is 6.30. The summed E-state index contributed by atoms with van der Waals surface area (Å²) in [4.78, 5) is 2.39. The van der Waals surface area contributed by atoms with Gasteiger partial charge in [-0.05, 0) is 50.0 Å². The molecule has 100 valence electrons. The molecule has 1 aliphatic rings. The molecule has 2 rings (SSSR count). The molecule has 0 bridgehead atoms. The number of rotatable bonds is 4. The van der Waals surface area contributed by atoms with Gasteiger partial charge in [-0.2, -0.15) is 0 Å². The SMILES string of the molecule is COc1ccc(Cl)cc1CN1CCC(CO)CC1. The molecular weight excluding hydrogens is 250 g/mol. The van der Waals surface area contributed by atoms with Crippen molar-refractivity contribution in [2.45, 2.75) is 19.4 Å². The van der Waals surface area contributed by atoms with Gasteiger partial charge in [-0.3, -0.25) is 4.90 Å². The van der Waals surface area contributed by atoms with Crippen LogP contribution in [0.1, 0.15) is 18.4 Å². The monoisotopic (exact) mass is 269 g/mol. The Morgan fingerprint density at radius 3 is 2.72 bits per heavy atom. The van der Waals surface area contributed by atoms with Crippen LogP contribution in [-0.4, -0.2) is 36.8 Å². The normalized spacial score (nSPS) is 17.9. The van der Waals surface area contributed by atoms with Crippen molar-refractivity contribution in [3.05, 3.63) is 28.8 Å². The molecule has 1 aromatic rings. The number of aliphatic hydroxyl groups is 1. The molecule has 1 aliphatic heterocycles. The van der Waals surface area contributed by atoms with E-state index in [1.165, 1.54) is 0 Å². The number of likely N-dealkylation sites (tertiary alicyclic amines) is 1. The van der Waals surface area contributed by atoms with Crippen molar-refractivity contribution >= 4 is 11.6 Å². The van der Waals surface area contributed by atoms with Crippen LogP contribution in [-0.2, 0) is 6.54 Å². The summed E-state index contributed by atoms with van der Waals surface area (Å²) in [6.07, 6.45) is 2.14. The molecule has 0 radical (unpaired) electrons. The van der Waals surface area contributed by atoms with Crippen molar-refractivity contribution < 1.29 is 9.84 Å². The van der Waals surface area contributed by atoms with Gasteiger partial charge in [0, 0.05) is 23.7 Å². The van der Waals surface area contributed by atoms with Gasteiger partial charge in [0.1, 0.15) is 5.75 Å². The number of piperidine rings is 1. The van der Waals surface area contributed by atoms with Crippen molar-refractivity contribution in [2.75, 3.05) is 26.8 Å². The van der Waals surface area contributed by atoms with E-state index in [1.807, 2.05) is 18.2 Å². The van der Waals surface area contributed by atoms with Gasteiger partial charge in [0.15, 0.2) is 0 Å². The lowest BCUT2D eigenvalue weighted by atomic mass is 9.97. The predicted molar refractivity (Wildman–Crippen MR) is 73.1 cm³/mol. The maximum absolute atomic E-state index is 9.13. The number of ether oxygens (including phenoxy) is 1. The summed E-state index contributed by atoms with van der Waals surface area (Å²) in [6, 6.07) is 5.73. The van der Waals surface area contributed by atoms with E-state index in [1.54, 1.807) is 7.11 Å². The van der Waals surface area contributed by atoms with Gasteiger partial charge in [0.25, 0.3) is 0 Å². The number of aliphatic hydroxyl groups excluding tert-OH is 1. The Hall–Kier alpha value is -0.770. The first-order chi connectivity index (χ1) is 8.72. The molecular formula is C14H20ClNO2. The predicted octanol–water partition coefficient (Wildman–Crippen LogP) is 2.55. The van der Waals surface area contributed by atoms with Crippen molar-refractivity contribution in [1.82, 2.24) is 4.90 Å². The average molecular weight is 270 g/mol. The summed E-state index contributed by atoms with van der Waals surface area (Å²) in [5.74, 6) is 1.37. The lowest BCUT2D eigenvalue weighted by Gasteiger charge is -2.31. The molecule has 1 fully saturated rings. The molecule has 1 aromatic carbocycles. The van der Waals surface area contributed by atoms with Gasteiger partial charge in [0.2, 0.25) is 0 Å². The third-order valence-corrected chi connectivity index (χ3v) is 3.84. The molecule has 0 aromatic heterocycles. The van der Waals surface area contributed by atoms with Gasteiger partial charge in [-0.15, -0.1) is 0 Å². The number of hydrogen-bond donors (Lipinski definition) is 1. The molecule has 0 amide bonds. The van der Waals surface area contributed by atoms with E-state index in [-0.39, 0.29) is 0 Å². The van der Waals surface area contributed by atoms with Crippen molar-refractivity contribution in [3.63, 3.8) is 0 Å². The van der Waals surface area contributed by atoms with Crippen LogP contribution in [0.25, 0.3) is 0 Å². The van der Waals surface area contributed by atoms with E-state index in [0.29, 0.717) is 12.5 Å². The smallest absolute Gasteiger partial charge is 0.123 e. The van der Waals surface area contributed by atoms with Gasteiger partial charge < -0.3 is 9.84 Å². The Morgan fingerprint density at radius 1 is 1.39 bits per heavy atom. The fourth-order valence-electron chi connectivity index (χ4n) is 2.44. The summed E-state index contributed by atoms with van der Waals surface area (Å²) in [6.45, 7) is 3.23. The molecule has 1 N–H and O–H groups in total. The van der Waals surface area contributed by atoms with Gasteiger partial charge in [-0.25, -0.2) is 0 Å². The van der Waals surface area contributed by atoms with E-state index >= 15 is 0 Å². The maximum Gasteiger partial charge on any atom is 0.123 e. The van der Waals surface area contributed by atoms with E-state index in [4.69, 9.17) is 21.4 Å². The molecule has 3 nitrogen and oxygen atoms in total. The fraction of sp³-hybridized carbons (Fsp3) is 0.571. The molecule has 1 heterocycles. The van der Waals surface area contributed by atoms with Crippen molar-refractivity contribution in [3.8, 4) is 5.75 Å². The first-order valence-electron chi connectivity index (χ1n) is 6.38. The van der Waals surface area contributed by atoms with Crippen LogP contribution in [0.5, 0.6) is 5.75 Å². The van der Waals surface area contributed by atoms with Crippen LogP contribution < -0.4 is 4.74 Å². The average Bonchev–Trinajstić information content (AvgIpc) is 2.40. The zero-order valence-electron chi connectivity index (χ0n) is 10.7. The molecule has 0 atom stereocenters. The second-order valence-corrected chi connectivity index (χ2v) is 5.29. The lowest BCUT2D eigenvalue weighted by molar-refractivity contribution is 0.127. The van der Waals surface area contributed by atoms with Crippen LogP contribution in [0.15, 0.2) is 18.2 Å². The Bertz CT molecular complexity index is 389. The molecule has 0 saturated carbocycles. The quantitative estimate of drug-likeness (QED) is 0.912. The zero-order chi connectivity index (χ0) is 13.0. The lowest BCUT2D eigenvalue weighted by Crippen LogP contribution is -2.34. The number of nitrogens with zero attached hydrogens (tertiary/aromatic N) is 1. The number of methoxy groups -OCH3 is 1. The van der Waals surface area contributed by atoms with Crippen LogP contribution in [0.3, 0.4) is 0 Å². The number of hydrogen-bond acceptors (Lipinski definition) is 3. The molecule has 0 aliphatic carbocycles. The zero-order valence-corrected chi connectivity index (χ0v) is 11.5. The van der Waals surface area contributed by atoms with Crippen LogP contribution in [0.2, 0.25) is 5.02 Å².